The molecule has 32 heteroatoms. The Labute approximate surface area is 512 Å². The van der Waals surface area contributed by atoms with Crippen molar-refractivity contribution in [1.82, 2.24) is 16.0 Å². The van der Waals surface area contributed by atoms with Crippen molar-refractivity contribution >= 4 is 124 Å². The number of carboxylic acid groups (broad SMARTS) is 1. The van der Waals surface area contributed by atoms with E-state index in [1.54, 1.807) is 27.7 Å². The summed E-state index contributed by atoms with van der Waals surface area (Å²) in [6, 6.07) is -3.80. The van der Waals surface area contributed by atoms with E-state index in [9.17, 15) is 55.2 Å². The topological polar surface area (TPSA) is 386 Å². The molecular weight excluding hydrogens is 1660 g/mol. The van der Waals surface area contributed by atoms with Gasteiger partial charge in [-0.2, -0.15) is 0 Å². The normalized spacial score (nSPS) is 35.2. The van der Waals surface area contributed by atoms with Gasteiger partial charge in [0.1, 0.15) is 79.3 Å². The molecule has 25 nitrogen and oxygen atoms in total. The molecule has 4 aliphatic rings. The maximum atomic E-state index is 11.9. The zero-order valence-electron chi connectivity index (χ0n) is 44.5. The second-order valence-corrected chi connectivity index (χ2v) is 66.2. The summed E-state index contributed by atoms with van der Waals surface area (Å²) in [5, 5.41) is 98.5. The fourth-order valence-electron chi connectivity index (χ4n) is 8.60. The first-order valence-electron chi connectivity index (χ1n) is 24.2. The average molecular weight is 1740 g/mol. The van der Waals surface area contributed by atoms with E-state index in [-0.39, 0.29) is 40.8 Å². The number of amides is 3. The van der Waals surface area contributed by atoms with E-state index < -0.39 is 161 Å². The van der Waals surface area contributed by atoms with E-state index in [4.69, 9.17) is 53.5 Å². The molecule has 14 N–H and O–H groups in total. The summed E-state index contributed by atoms with van der Waals surface area (Å²) in [5.41, 5.74) is 6.13. The van der Waals surface area contributed by atoms with Gasteiger partial charge in [0.15, 0.2) is 12.6 Å². The van der Waals surface area contributed by atoms with Gasteiger partial charge >= 0.3 is 114 Å². The van der Waals surface area contributed by atoms with Crippen molar-refractivity contribution < 1.29 is 117 Å². The molecule has 4 heterocycles. The van der Waals surface area contributed by atoms with E-state index in [0.717, 1.165) is 6.92 Å². The Morgan fingerprint density at radius 3 is 1.09 bits per heavy atom. The summed E-state index contributed by atoms with van der Waals surface area (Å²) in [6.45, 7) is 17.6. The maximum absolute atomic E-state index is 11.9. The number of carbonyl (C=O) groups excluding carboxylic acids is 3. The average Bonchev–Trinajstić information content (AvgIpc) is 3.30. The molecule has 20 atom stereocenters. The SMILES string of the molecule is CC(=O)NC1C(O)C(OC2OC(CO)C(OC(C)C)C(O)C2N)C(CO)OC1C(C)C.CC(=O)NC1C(OC2C(CO)OC(C(C)C)C(NC(C)=O)C2O)OC(CO)C(OC(C)C)C1O.CC(=O)O.[I][V]([I])[I].[I][V][I]. The Bertz CT molecular complexity index is 1660. The van der Waals surface area contributed by atoms with Gasteiger partial charge < -0.3 is 106 Å². The molecule has 4 saturated heterocycles. The number of hydrogen-bond donors (Lipinski definition) is 13. The van der Waals surface area contributed by atoms with Crippen molar-refractivity contribution in [2.45, 2.75) is 217 Å². The molecule has 0 aromatic rings. The summed E-state index contributed by atoms with van der Waals surface area (Å²) in [6.07, 6.45) is -17.2. The molecule has 0 aliphatic carbocycles. The second kappa shape index (κ2) is 40.4. The Morgan fingerprint density at radius 2 is 0.803 bits per heavy atom. The van der Waals surface area contributed by atoms with Crippen LogP contribution in [0.2, 0.25) is 0 Å². The van der Waals surface area contributed by atoms with Crippen molar-refractivity contribution in [3.8, 4) is 0 Å². The number of aliphatic carboxylic acids is 1. The van der Waals surface area contributed by atoms with Gasteiger partial charge in [0.25, 0.3) is 5.97 Å². The van der Waals surface area contributed by atoms with Gasteiger partial charge in [-0.1, -0.05) is 27.7 Å². The predicted octanol–water partition coefficient (Wildman–Crippen LogP) is 0.396. The molecule has 20 unspecified atom stereocenters. The number of aliphatic hydroxyl groups is 8. The monoisotopic (exact) mass is 1740 g/mol. The quantitative estimate of drug-likeness (QED) is 0.0876. The van der Waals surface area contributed by atoms with Crippen LogP contribution in [0, 0.1) is 11.8 Å². The molecule has 449 valence electrons. The number of nitrogens with two attached hydrogens (primary N) is 1. The zero-order valence-corrected chi connectivity index (χ0v) is 58.1. The summed E-state index contributed by atoms with van der Waals surface area (Å²) in [7, 11) is 0.628. The number of carbonyl (C=O) groups is 4. The molecule has 0 saturated carbocycles. The van der Waals surface area contributed by atoms with E-state index in [1.165, 1.54) is 20.8 Å². The molecule has 0 aromatic carbocycles. The first-order chi connectivity index (χ1) is 35.3. The Kier molecular flexibility index (Phi) is 41.4. The first kappa shape index (κ1) is 78.0. The molecule has 4 rings (SSSR count). The Balaban J connectivity index is 0.00000124. The van der Waals surface area contributed by atoms with Crippen LogP contribution in [-0.2, 0) is 71.5 Å². The summed E-state index contributed by atoms with van der Waals surface area (Å²) < 4.78 is 46.8. The molecule has 0 aromatic heterocycles. The molecule has 0 radical (unpaired) electrons. The minimum absolute atomic E-state index is 0.0655. The van der Waals surface area contributed by atoms with Crippen LogP contribution in [0.1, 0.15) is 83.1 Å². The zero-order chi connectivity index (χ0) is 59.1. The number of carboxylic acids is 1. The van der Waals surface area contributed by atoms with Gasteiger partial charge in [-0.25, -0.2) is 0 Å². The van der Waals surface area contributed by atoms with Crippen molar-refractivity contribution in [3.05, 3.63) is 0 Å². The van der Waals surface area contributed by atoms with E-state index in [1.807, 2.05) is 27.7 Å². The molecule has 0 bridgehead atoms. The van der Waals surface area contributed by atoms with Gasteiger partial charge in [-0.3, -0.25) is 19.2 Å². The molecular formula is C44H82I5N4O21V2. The summed E-state index contributed by atoms with van der Waals surface area (Å²) in [5.74, 6) is -2.20. The van der Waals surface area contributed by atoms with E-state index in [0.29, 0.717) is 9.47 Å². The van der Waals surface area contributed by atoms with Crippen LogP contribution < -0.4 is 21.7 Å². The summed E-state index contributed by atoms with van der Waals surface area (Å²) >= 11 is 12.1. The predicted molar refractivity (Wildman–Crippen MR) is 311 cm³/mol. The van der Waals surface area contributed by atoms with Crippen molar-refractivity contribution in [2.24, 2.45) is 17.6 Å². The molecule has 0 spiro atoms. The fraction of sp³-hybridized carbons (Fsp3) is 0.909. The van der Waals surface area contributed by atoms with E-state index in [2.05, 4.69) is 116 Å². The summed E-state index contributed by atoms with van der Waals surface area (Å²) in [4.78, 5) is 44.1. The van der Waals surface area contributed by atoms with Crippen molar-refractivity contribution in [3.63, 3.8) is 0 Å². The van der Waals surface area contributed by atoms with Crippen molar-refractivity contribution in [1.29, 1.82) is 0 Å². The van der Waals surface area contributed by atoms with Gasteiger partial charge in [0.05, 0.1) is 69.0 Å². The minimum atomic E-state index is -1.33. The molecule has 76 heavy (non-hydrogen) atoms. The number of hydrogen-bond acceptors (Lipinski definition) is 21. The van der Waals surface area contributed by atoms with Gasteiger partial charge in [-0.15, -0.1) is 0 Å². The Morgan fingerprint density at radius 1 is 0.539 bits per heavy atom. The Hall–Kier alpha value is 2.02. The number of nitrogens with one attached hydrogen (secondary N) is 3. The first-order valence-corrected chi connectivity index (χ1v) is 46.7. The van der Waals surface area contributed by atoms with Crippen LogP contribution in [-0.4, -0.2) is 230 Å². The number of ether oxygens (including phenoxy) is 8. The van der Waals surface area contributed by atoms with Crippen LogP contribution in [0.15, 0.2) is 0 Å². The third-order valence-electron chi connectivity index (χ3n) is 11.5. The molecule has 4 fully saturated rings. The fourth-order valence-corrected chi connectivity index (χ4v) is 8.60. The number of rotatable bonds is 17. The molecule has 3 amide bonds. The van der Waals surface area contributed by atoms with Crippen molar-refractivity contribution in [2.75, 3.05) is 26.4 Å². The molecule has 4 aliphatic heterocycles. The van der Waals surface area contributed by atoms with Crippen LogP contribution in [0.4, 0.5) is 0 Å². The standard InChI is InChI=1S/C22H40N2O10.C20H38N2O9.C2H4O2.5HI.2V/c1-9(2)19-15(23-11(5)27)17(29)21(13(7-25)32-19)34-22-16(24-12(6)28)18(30)20(31-10(3)4)14(8-26)33-22;1-8(2)17-14(22-10(5)25)16(27)19(11(6-23)29-17)31-20-13(21)15(26)18(28-9(3)4)12(7-24)30-20;1-2(3)4;;;;;;;/h9-10,13-22,25-26,29-30H,7-8H2,1-6H3,(H,23,27)(H,24,28);8-9,11-20,23-24,26-27H,6-7,21H2,1-5H3,(H,22,25);1H3,(H,3,4);5*1H;;/q;;;;;;;;+2;+3/p-5. The van der Waals surface area contributed by atoms with Gasteiger partial charge in [-0.05, 0) is 39.5 Å². The van der Waals surface area contributed by atoms with Crippen LogP contribution in [0.25, 0.3) is 0 Å². The van der Waals surface area contributed by atoms with Crippen LogP contribution >= 0.6 is 99.9 Å². The third-order valence-corrected chi connectivity index (χ3v) is 11.5. The van der Waals surface area contributed by atoms with Crippen LogP contribution in [0.3, 0.4) is 0 Å². The van der Waals surface area contributed by atoms with Gasteiger partial charge in [0, 0.05) is 27.7 Å². The van der Waals surface area contributed by atoms with Crippen LogP contribution in [0.5, 0.6) is 0 Å². The van der Waals surface area contributed by atoms with E-state index >= 15 is 0 Å². The number of halogens is 5. The second-order valence-electron chi connectivity index (χ2n) is 19.1. The van der Waals surface area contributed by atoms with Gasteiger partial charge in [0.2, 0.25) is 17.7 Å². The third kappa shape index (κ3) is 26.9. The number of aliphatic hydroxyl groups excluding tert-OH is 8.